The van der Waals surface area contributed by atoms with Gasteiger partial charge in [0.25, 0.3) is 0 Å². The highest BCUT2D eigenvalue weighted by molar-refractivity contribution is 5.77. The maximum Gasteiger partial charge on any atom is 0.249 e. The Kier molecular flexibility index (Phi) is 4.39. The van der Waals surface area contributed by atoms with Crippen molar-refractivity contribution < 1.29 is 14.3 Å². The number of rotatable bonds is 4. The Morgan fingerprint density at radius 1 is 1.32 bits per heavy atom. The largest absolute Gasteiger partial charge is 0.471 e. The first-order valence-corrected chi connectivity index (χ1v) is 7.24. The quantitative estimate of drug-likeness (QED) is 0.854. The van der Waals surface area contributed by atoms with Crippen molar-refractivity contribution in [3.05, 3.63) is 48.4 Å². The fraction of sp³-hybridized carbons (Fsp3) is 0.375. The van der Waals surface area contributed by atoms with Crippen LogP contribution in [0.4, 0.5) is 0 Å². The first-order chi connectivity index (χ1) is 10.8. The van der Waals surface area contributed by atoms with Gasteiger partial charge < -0.3 is 18.9 Å². The number of pyridine rings is 1. The summed E-state index contributed by atoms with van der Waals surface area (Å²) >= 11 is 0. The molecule has 0 N–H and O–H groups in total. The third-order valence-corrected chi connectivity index (χ3v) is 3.65. The van der Waals surface area contributed by atoms with Gasteiger partial charge in [0.15, 0.2) is 0 Å². The van der Waals surface area contributed by atoms with E-state index in [4.69, 9.17) is 9.47 Å². The van der Waals surface area contributed by atoms with E-state index in [0.29, 0.717) is 25.5 Å². The number of aromatic nitrogens is 2. The molecule has 1 amide bonds. The predicted octanol–water partition coefficient (Wildman–Crippen LogP) is 1.32. The molecule has 22 heavy (non-hydrogen) atoms. The molecule has 0 saturated carbocycles. The van der Waals surface area contributed by atoms with Gasteiger partial charge in [0.2, 0.25) is 11.8 Å². The van der Waals surface area contributed by atoms with Crippen molar-refractivity contribution >= 4 is 5.91 Å². The topological polar surface area (TPSA) is 56.6 Å². The van der Waals surface area contributed by atoms with Crippen molar-refractivity contribution in [1.82, 2.24) is 14.5 Å². The van der Waals surface area contributed by atoms with Gasteiger partial charge in [-0.3, -0.25) is 4.79 Å². The lowest BCUT2D eigenvalue weighted by Crippen LogP contribution is -2.40. The van der Waals surface area contributed by atoms with Crippen LogP contribution < -0.4 is 4.74 Å². The Morgan fingerprint density at radius 3 is 3.00 bits per heavy atom. The van der Waals surface area contributed by atoms with Gasteiger partial charge in [-0.25, -0.2) is 4.98 Å². The summed E-state index contributed by atoms with van der Waals surface area (Å²) in [5.74, 6) is 0.536. The Bertz CT molecular complexity index is 627. The highest BCUT2D eigenvalue weighted by Crippen LogP contribution is 2.17. The average molecular weight is 301 g/mol. The molecule has 0 fully saturated rings. The minimum absolute atomic E-state index is 0.0354. The molecular weight excluding hydrogens is 282 g/mol. The summed E-state index contributed by atoms with van der Waals surface area (Å²) in [6, 6.07) is 9.56. The second-order valence-corrected chi connectivity index (χ2v) is 5.27. The zero-order valence-corrected chi connectivity index (χ0v) is 12.5. The number of ether oxygens (including phenoxy) is 2. The second-order valence-electron chi connectivity index (χ2n) is 5.27. The molecule has 0 saturated heterocycles. The Hall–Kier alpha value is -2.34. The number of carbonyl (C=O) groups is 1. The van der Waals surface area contributed by atoms with E-state index in [1.807, 2.05) is 36.5 Å². The van der Waals surface area contributed by atoms with E-state index >= 15 is 0 Å². The van der Waals surface area contributed by atoms with E-state index in [1.54, 1.807) is 11.1 Å². The molecule has 1 aliphatic heterocycles. The van der Waals surface area contributed by atoms with Crippen LogP contribution in [0.25, 0.3) is 0 Å². The minimum Gasteiger partial charge on any atom is -0.471 e. The number of nitrogens with zero attached hydrogens (tertiary/aromatic N) is 3. The number of amides is 1. The molecule has 0 aromatic carbocycles. The molecule has 0 radical (unpaired) electrons. The third kappa shape index (κ3) is 3.28. The standard InChI is InChI=1S/C16H19N3O3/c1-21-12-16(20)19-9-13-5-4-8-18(13)10-14(11-19)22-15-6-2-3-7-17-15/h2-8,14H,9-12H2,1H3. The van der Waals surface area contributed by atoms with Crippen LogP contribution in [0, 0.1) is 0 Å². The average Bonchev–Trinajstić information content (AvgIpc) is 2.87. The molecule has 2 aromatic rings. The summed E-state index contributed by atoms with van der Waals surface area (Å²) in [5.41, 5.74) is 1.09. The van der Waals surface area contributed by atoms with Gasteiger partial charge in [0.1, 0.15) is 12.7 Å². The second kappa shape index (κ2) is 6.62. The monoisotopic (exact) mass is 301 g/mol. The number of hydrogen-bond acceptors (Lipinski definition) is 4. The molecule has 6 nitrogen and oxygen atoms in total. The van der Waals surface area contributed by atoms with E-state index in [0.717, 1.165) is 5.69 Å². The van der Waals surface area contributed by atoms with Crippen LogP contribution in [0.2, 0.25) is 0 Å². The predicted molar refractivity (Wildman–Crippen MR) is 80.4 cm³/mol. The lowest BCUT2D eigenvalue weighted by Gasteiger charge is -2.24. The van der Waals surface area contributed by atoms with Crippen LogP contribution in [-0.4, -0.2) is 46.7 Å². The molecule has 0 spiro atoms. The number of methoxy groups -OCH3 is 1. The maximum absolute atomic E-state index is 12.2. The fourth-order valence-corrected chi connectivity index (χ4v) is 2.62. The molecule has 0 aliphatic carbocycles. The first-order valence-electron chi connectivity index (χ1n) is 7.24. The lowest BCUT2D eigenvalue weighted by atomic mass is 10.3. The van der Waals surface area contributed by atoms with E-state index in [-0.39, 0.29) is 18.6 Å². The van der Waals surface area contributed by atoms with Crippen molar-refractivity contribution in [3.63, 3.8) is 0 Å². The van der Waals surface area contributed by atoms with Gasteiger partial charge in [-0.15, -0.1) is 0 Å². The Labute approximate surface area is 129 Å². The summed E-state index contributed by atoms with van der Waals surface area (Å²) in [6.45, 7) is 1.85. The molecule has 1 aliphatic rings. The van der Waals surface area contributed by atoms with E-state index in [9.17, 15) is 4.79 Å². The number of carbonyl (C=O) groups excluding carboxylic acids is 1. The first kappa shape index (κ1) is 14.6. The van der Waals surface area contributed by atoms with Crippen LogP contribution in [0.15, 0.2) is 42.7 Å². The van der Waals surface area contributed by atoms with E-state index < -0.39 is 0 Å². The van der Waals surface area contributed by atoms with Gasteiger partial charge in [0.05, 0.1) is 19.6 Å². The van der Waals surface area contributed by atoms with Gasteiger partial charge in [0, 0.05) is 31.3 Å². The third-order valence-electron chi connectivity index (χ3n) is 3.65. The Morgan fingerprint density at radius 2 is 2.23 bits per heavy atom. The molecule has 3 heterocycles. The zero-order valence-electron chi connectivity index (χ0n) is 12.5. The molecule has 1 unspecified atom stereocenters. The van der Waals surface area contributed by atoms with Gasteiger partial charge in [-0.1, -0.05) is 6.07 Å². The molecular formula is C16H19N3O3. The molecule has 2 aromatic heterocycles. The van der Waals surface area contributed by atoms with Gasteiger partial charge in [-0.2, -0.15) is 0 Å². The van der Waals surface area contributed by atoms with Crippen LogP contribution in [-0.2, 0) is 22.6 Å². The zero-order chi connectivity index (χ0) is 15.4. The highest BCUT2D eigenvalue weighted by Gasteiger charge is 2.26. The van der Waals surface area contributed by atoms with E-state index in [1.165, 1.54) is 7.11 Å². The van der Waals surface area contributed by atoms with Crippen LogP contribution in [0.5, 0.6) is 5.88 Å². The number of fused-ring (bicyclic) bond motifs is 1. The Balaban J connectivity index is 1.79. The van der Waals surface area contributed by atoms with Crippen molar-refractivity contribution in [2.24, 2.45) is 0 Å². The van der Waals surface area contributed by atoms with Crippen molar-refractivity contribution in [2.75, 3.05) is 20.3 Å². The summed E-state index contributed by atoms with van der Waals surface area (Å²) in [6.07, 6.45) is 3.56. The van der Waals surface area contributed by atoms with Gasteiger partial charge >= 0.3 is 0 Å². The summed E-state index contributed by atoms with van der Waals surface area (Å²) in [4.78, 5) is 18.2. The van der Waals surface area contributed by atoms with Crippen LogP contribution >= 0.6 is 0 Å². The van der Waals surface area contributed by atoms with Gasteiger partial charge in [-0.05, 0) is 18.2 Å². The summed E-state index contributed by atoms with van der Waals surface area (Å²) in [7, 11) is 1.53. The van der Waals surface area contributed by atoms with Crippen molar-refractivity contribution in [3.8, 4) is 5.88 Å². The van der Waals surface area contributed by atoms with Crippen molar-refractivity contribution in [1.29, 1.82) is 0 Å². The molecule has 3 rings (SSSR count). The summed E-state index contributed by atoms with van der Waals surface area (Å²) in [5, 5.41) is 0. The normalized spacial score (nSPS) is 17.7. The minimum atomic E-state index is -0.149. The molecule has 116 valence electrons. The lowest BCUT2D eigenvalue weighted by molar-refractivity contribution is -0.136. The van der Waals surface area contributed by atoms with Crippen LogP contribution in [0.1, 0.15) is 5.69 Å². The number of hydrogen-bond donors (Lipinski definition) is 0. The fourth-order valence-electron chi connectivity index (χ4n) is 2.62. The van der Waals surface area contributed by atoms with E-state index in [2.05, 4.69) is 9.55 Å². The highest BCUT2D eigenvalue weighted by atomic mass is 16.5. The smallest absolute Gasteiger partial charge is 0.249 e. The molecule has 1 atom stereocenters. The summed E-state index contributed by atoms with van der Waals surface area (Å²) < 4.78 is 13.0. The van der Waals surface area contributed by atoms with Crippen molar-refractivity contribution in [2.45, 2.75) is 19.2 Å². The SMILES string of the molecule is COCC(=O)N1Cc2cccn2CC(Oc2ccccn2)C1. The van der Waals surface area contributed by atoms with Crippen LogP contribution in [0.3, 0.4) is 0 Å². The molecule has 0 bridgehead atoms. The maximum atomic E-state index is 12.2. The molecule has 6 heteroatoms.